The lowest BCUT2D eigenvalue weighted by Crippen LogP contribution is -2.26. The van der Waals surface area contributed by atoms with Crippen molar-refractivity contribution in [1.29, 1.82) is 0 Å². The van der Waals surface area contributed by atoms with Crippen LogP contribution in [-0.4, -0.2) is 60.6 Å². The van der Waals surface area contributed by atoms with Crippen LogP contribution in [0.5, 0.6) is 0 Å². The maximum atomic E-state index is 9.74. The van der Waals surface area contributed by atoms with Gasteiger partial charge in [0.2, 0.25) is 0 Å². The first-order valence-corrected chi connectivity index (χ1v) is 12.5. The van der Waals surface area contributed by atoms with Gasteiger partial charge < -0.3 is 24.8 Å². The molecule has 0 bridgehead atoms. The largest absolute Gasteiger partial charge is 0.394 e. The van der Waals surface area contributed by atoms with Gasteiger partial charge in [0.25, 0.3) is 0 Å². The number of hydrogen-bond acceptors (Lipinski definition) is 5. The van der Waals surface area contributed by atoms with Crippen LogP contribution in [0.2, 0.25) is 0 Å². The average Bonchev–Trinajstić information content (AvgIpc) is 2.75. The lowest BCUT2D eigenvalue weighted by Gasteiger charge is -2.13. The van der Waals surface area contributed by atoms with E-state index in [0.29, 0.717) is 6.61 Å². The van der Waals surface area contributed by atoms with Crippen LogP contribution in [0.15, 0.2) is 46.6 Å². The molecule has 3 N–H and O–H groups in total. The van der Waals surface area contributed by atoms with E-state index in [0.717, 1.165) is 51.4 Å². The van der Waals surface area contributed by atoms with Crippen LogP contribution in [0.1, 0.15) is 86.0 Å². The first-order valence-electron chi connectivity index (χ1n) is 12.5. The first kappa shape index (κ1) is 31.8. The second-order valence-corrected chi connectivity index (χ2v) is 9.29. The Kier molecular flexibility index (Phi) is 20.5. The van der Waals surface area contributed by atoms with Crippen LogP contribution in [-0.2, 0) is 9.47 Å². The molecule has 0 spiro atoms. The minimum atomic E-state index is -0.901. The molecule has 0 aliphatic rings. The topological polar surface area (TPSA) is 79.2 Å². The summed E-state index contributed by atoms with van der Waals surface area (Å²) in [6.45, 7) is 11.5. The number of allylic oxidation sites excluding steroid dienone is 8. The van der Waals surface area contributed by atoms with Crippen molar-refractivity contribution < 1.29 is 24.8 Å². The van der Waals surface area contributed by atoms with Crippen molar-refractivity contribution >= 4 is 0 Å². The summed E-state index contributed by atoms with van der Waals surface area (Å²) in [5.74, 6) is 0. The van der Waals surface area contributed by atoms with Gasteiger partial charge in [-0.15, -0.1) is 0 Å². The van der Waals surface area contributed by atoms with E-state index in [1.807, 2.05) is 0 Å². The third-order valence-electron chi connectivity index (χ3n) is 5.28. The van der Waals surface area contributed by atoms with Crippen molar-refractivity contribution in [2.24, 2.45) is 0 Å². The normalized spacial score (nSPS) is 15.0. The SMILES string of the molecule is CC(C)=CCC/C(C)=C/CC/C(C)=C/CCC(C)=CCCCOCC(O)COCC(O)CO. The van der Waals surface area contributed by atoms with Gasteiger partial charge in [0.15, 0.2) is 0 Å². The molecule has 5 nitrogen and oxygen atoms in total. The molecule has 0 aliphatic heterocycles. The van der Waals surface area contributed by atoms with Crippen LogP contribution in [0.25, 0.3) is 0 Å². The molecule has 0 fully saturated rings. The fourth-order valence-corrected chi connectivity index (χ4v) is 3.18. The predicted octanol–water partition coefficient (Wildman–Crippen LogP) is 5.66. The summed E-state index contributed by atoms with van der Waals surface area (Å²) < 4.78 is 10.6. The Morgan fingerprint density at radius 1 is 0.636 bits per heavy atom. The monoisotopic (exact) mass is 466 g/mol. The van der Waals surface area contributed by atoms with E-state index in [1.54, 1.807) is 0 Å². The summed E-state index contributed by atoms with van der Waals surface area (Å²) in [6, 6.07) is 0. The van der Waals surface area contributed by atoms with Crippen LogP contribution < -0.4 is 0 Å². The van der Waals surface area contributed by atoms with Crippen molar-refractivity contribution in [2.75, 3.05) is 33.0 Å². The van der Waals surface area contributed by atoms with Gasteiger partial charge in [-0.05, 0) is 86.0 Å². The van der Waals surface area contributed by atoms with E-state index in [4.69, 9.17) is 19.7 Å². The molecule has 0 aromatic rings. The summed E-state index contributed by atoms with van der Waals surface area (Å²) in [6.07, 6.45) is 16.4. The molecule has 0 aliphatic carbocycles. The Morgan fingerprint density at radius 2 is 1.09 bits per heavy atom. The molecular formula is C28H50O5. The highest BCUT2D eigenvalue weighted by atomic mass is 16.5. The highest BCUT2D eigenvalue weighted by Gasteiger charge is 2.07. The van der Waals surface area contributed by atoms with Gasteiger partial charge in [0.05, 0.1) is 26.4 Å². The van der Waals surface area contributed by atoms with E-state index in [-0.39, 0.29) is 26.4 Å². The van der Waals surface area contributed by atoms with E-state index < -0.39 is 12.2 Å². The van der Waals surface area contributed by atoms with Crippen molar-refractivity contribution in [1.82, 2.24) is 0 Å². The Bertz CT molecular complexity index is 599. The Balaban J connectivity index is 3.83. The summed E-state index contributed by atoms with van der Waals surface area (Å²) in [5.41, 5.74) is 5.77. The zero-order chi connectivity index (χ0) is 24.9. The molecule has 2 unspecified atom stereocenters. The Labute approximate surface area is 202 Å². The van der Waals surface area contributed by atoms with E-state index in [1.165, 1.54) is 22.3 Å². The van der Waals surface area contributed by atoms with Gasteiger partial charge in [0.1, 0.15) is 12.2 Å². The Hall–Kier alpha value is -1.24. The maximum Gasteiger partial charge on any atom is 0.101 e. The molecule has 0 aromatic heterocycles. The van der Waals surface area contributed by atoms with Crippen molar-refractivity contribution in [3.63, 3.8) is 0 Å². The lowest BCUT2D eigenvalue weighted by molar-refractivity contribution is -0.0479. The highest BCUT2D eigenvalue weighted by molar-refractivity contribution is 5.07. The zero-order valence-corrected chi connectivity index (χ0v) is 21.8. The second kappa shape index (κ2) is 21.3. The molecule has 0 rings (SSSR count). The molecule has 0 amide bonds. The highest BCUT2D eigenvalue weighted by Crippen LogP contribution is 2.14. The minimum absolute atomic E-state index is 0.0138. The fraction of sp³-hybridized carbons (Fsp3) is 0.714. The molecule has 2 atom stereocenters. The maximum absolute atomic E-state index is 9.74. The molecular weight excluding hydrogens is 416 g/mol. The second-order valence-electron chi connectivity index (χ2n) is 9.29. The average molecular weight is 467 g/mol. The van der Waals surface area contributed by atoms with Crippen LogP contribution in [0, 0.1) is 0 Å². The van der Waals surface area contributed by atoms with Crippen LogP contribution >= 0.6 is 0 Å². The molecule has 33 heavy (non-hydrogen) atoms. The summed E-state index contributed by atoms with van der Waals surface area (Å²) in [5, 5.41) is 27.6. The van der Waals surface area contributed by atoms with Crippen molar-refractivity contribution in [2.45, 2.75) is 98.2 Å². The summed E-state index contributed by atoms with van der Waals surface area (Å²) in [7, 11) is 0. The lowest BCUT2D eigenvalue weighted by atomic mass is 10.0. The number of ether oxygens (including phenoxy) is 2. The van der Waals surface area contributed by atoms with Crippen LogP contribution in [0.3, 0.4) is 0 Å². The van der Waals surface area contributed by atoms with Gasteiger partial charge in [-0.2, -0.15) is 0 Å². The number of aliphatic hydroxyl groups is 3. The van der Waals surface area contributed by atoms with Crippen LogP contribution in [0.4, 0.5) is 0 Å². The van der Waals surface area contributed by atoms with Gasteiger partial charge >= 0.3 is 0 Å². The number of unbranched alkanes of at least 4 members (excludes halogenated alkanes) is 1. The van der Waals surface area contributed by atoms with Gasteiger partial charge in [0, 0.05) is 6.61 Å². The molecule has 0 heterocycles. The number of hydrogen-bond donors (Lipinski definition) is 3. The summed E-state index contributed by atoms with van der Waals surface area (Å²) >= 11 is 0. The molecule has 0 saturated heterocycles. The number of rotatable bonds is 20. The first-order chi connectivity index (χ1) is 15.7. The minimum Gasteiger partial charge on any atom is -0.394 e. The van der Waals surface area contributed by atoms with E-state index in [2.05, 4.69) is 58.9 Å². The smallest absolute Gasteiger partial charge is 0.101 e. The zero-order valence-electron chi connectivity index (χ0n) is 21.8. The quantitative estimate of drug-likeness (QED) is 0.159. The molecule has 5 heteroatoms. The standard InChI is InChI=1S/C28H50O5/c1-23(2)11-8-13-25(4)15-10-17-26(5)16-9-14-24(3)12-6-7-18-32-21-28(31)22-33-20-27(30)19-29/h11-12,15-16,27-31H,6-10,13-14,17-22H2,1-5H3/b24-12?,25-15+,26-16+. The van der Waals surface area contributed by atoms with Crippen molar-refractivity contribution in [3.8, 4) is 0 Å². The molecule has 0 radical (unpaired) electrons. The van der Waals surface area contributed by atoms with Gasteiger partial charge in [-0.25, -0.2) is 0 Å². The van der Waals surface area contributed by atoms with E-state index in [9.17, 15) is 5.11 Å². The summed E-state index contributed by atoms with van der Waals surface area (Å²) in [4.78, 5) is 0. The molecule has 0 saturated carbocycles. The van der Waals surface area contributed by atoms with Gasteiger partial charge in [-0.1, -0.05) is 46.6 Å². The molecule has 0 aromatic carbocycles. The van der Waals surface area contributed by atoms with Gasteiger partial charge in [-0.3, -0.25) is 0 Å². The Morgan fingerprint density at radius 3 is 1.61 bits per heavy atom. The predicted molar refractivity (Wildman–Crippen MR) is 138 cm³/mol. The third-order valence-corrected chi connectivity index (χ3v) is 5.28. The fourth-order valence-electron chi connectivity index (χ4n) is 3.18. The third kappa shape index (κ3) is 22.3. The molecule has 192 valence electrons. The number of aliphatic hydroxyl groups excluding tert-OH is 3. The van der Waals surface area contributed by atoms with Crippen molar-refractivity contribution in [3.05, 3.63) is 46.6 Å². The van der Waals surface area contributed by atoms with E-state index >= 15 is 0 Å².